The number of urea groups is 1. The van der Waals surface area contributed by atoms with Gasteiger partial charge in [0.1, 0.15) is 0 Å². The van der Waals surface area contributed by atoms with Crippen LogP contribution < -0.4 is 10.2 Å². The van der Waals surface area contributed by atoms with Crippen LogP contribution >= 0.6 is 0 Å². The van der Waals surface area contributed by atoms with Gasteiger partial charge in [-0.05, 0) is 36.8 Å². The first-order valence-corrected chi connectivity index (χ1v) is 9.83. The molecular weight excluding hydrogens is 380 g/mol. The summed E-state index contributed by atoms with van der Waals surface area (Å²) in [5.41, 5.74) is 3.08. The van der Waals surface area contributed by atoms with E-state index in [2.05, 4.69) is 11.4 Å². The summed E-state index contributed by atoms with van der Waals surface area (Å²) in [5.74, 6) is -0.119. The van der Waals surface area contributed by atoms with E-state index in [1.54, 1.807) is 36.1 Å². The first kappa shape index (κ1) is 19.7. The van der Waals surface area contributed by atoms with Crippen LogP contribution in [-0.4, -0.2) is 43.1 Å². The third-order valence-corrected chi connectivity index (χ3v) is 5.40. The van der Waals surface area contributed by atoms with Gasteiger partial charge in [-0.15, -0.1) is 0 Å². The van der Waals surface area contributed by atoms with Crippen molar-refractivity contribution in [1.29, 1.82) is 5.26 Å². The minimum absolute atomic E-state index is 0.119. The van der Waals surface area contributed by atoms with Gasteiger partial charge in [0.05, 0.1) is 42.1 Å². The lowest BCUT2D eigenvalue weighted by Crippen LogP contribution is -2.51. The molecule has 0 aliphatic carbocycles. The Balaban J connectivity index is 1.80. The highest BCUT2D eigenvalue weighted by molar-refractivity contribution is 6.04. The molecule has 0 spiro atoms. The lowest BCUT2D eigenvalue weighted by atomic mass is 9.93. The molecule has 1 saturated heterocycles. The highest BCUT2D eigenvalue weighted by atomic mass is 16.5. The van der Waals surface area contributed by atoms with E-state index in [0.717, 1.165) is 5.56 Å². The van der Waals surface area contributed by atoms with Gasteiger partial charge in [-0.25, -0.2) is 4.79 Å². The summed E-state index contributed by atoms with van der Waals surface area (Å²) in [5, 5.41) is 12.1. The summed E-state index contributed by atoms with van der Waals surface area (Å²) in [7, 11) is 0. The lowest BCUT2D eigenvalue weighted by Gasteiger charge is -2.38. The summed E-state index contributed by atoms with van der Waals surface area (Å²) >= 11 is 0. The topological polar surface area (TPSA) is 85.7 Å². The van der Waals surface area contributed by atoms with Crippen molar-refractivity contribution in [3.05, 3.63) is 77.0 Å². The van der Waals surface area contributed by atoms with Gasteiger partial charge in [0.25, 0.3) is 5.91 Å². The summed E-state index contributed by atoms with van der Waals surface area (Å²) in [4.78, 5) is 29.9. The molecular formula is C23H22N4O3. The fraction of sp³-hybridized carbons (Fsp3) is 0.261. The predicted octanol–water partition coefficient (Wildman–Crippen LogP) is 2.96. The molecule has 2 aliphatic heterocycles. The maximum Gasteiger partial charge on any atom is 0.326 e. The fourth-order valence-corrected chi connectivity index (χ4v) is 3.84. The zero-order valence-corrected chi connectivity index (χ0v) is 16.7. The number of hydrogen-bond donors (Lipinski definition) is 1. The number of rotatable bonds is 3. The number of morpholine rings is 1. The Bertz CT molecular complexity index is 1020. The molecule has 0 aromatic heterocycles. The number of carbonyl (C=O) groups is 2. The number of hydrogen-bond acceptors (Lipinski definition) is 4. The molecule has 0 bridgehead atoms. The molecule has 2 aromatic carbocycles. The zero-order chi connectivity index (χ0) is 21.1. The van der Waals surface area contributed by atoms with Crippen LogP contribution in [0.1, 0.15) is 24.1 Å². The molecule has 7 heteroatoms. The number of anilines is 1. The number of nitrogens with zero attached hydrogens (tertiary/aromatic N) is 3. The second-order valence-electron chi connectivity index (χ2n) is 7.19. The normalized spacial score (nSPS) is 19.3. The quantitative estimate of drug-likeness (QED) is 0.855. The van der Waals surface area contributed by atoms with Gasteiger partial charge in [0, 0.05) is 18.8 Å². The minimum Gasteiger partial charge on any atom is -0.378 e. The van der Waals surface area contributed by atoms with Gasteiger partial charge in [0.2, 0.25) is 0 Å². The van der Waals surface area contributed by atoms with E-state index < -0.39 is 6.04 Å². The molecule has 1 atom stereocenters. The Labute approximate surface area is 175 Å². The monoisotopic (exact) mass is 402 g/mol. The van der Waals surface area contributed by atoms with Gasteiger partial charge in [-0.1, -0.05) is 30.3 Å². The molecule has 0 saturated carbocycles. The molecule has 1 fully saturated rings. The second kappa shape index (κ2) is 8.39. The molecule has 0 radical (unpaired) electrons. The Morgan fingerprint density at radius 3 is 2.40 bits per heavy atom. The average molecular weight is 402 g/mol. The van der Waals surface area contributed by atoms with Crippen molar-refractivity contribution in [3.8, 4) is 6.07 Å². The van der Waals surface area contributed by atoms with E-state index in [1.807, 2.05) is 30.3 Å². The van der Waals surface area contributed by atoms with Crippen molar-refractivity contribution < 1.29 is 14.3 Å². The highest BCUT2D eigenvalue weighted by Gasteiger charge is 2.38. The maximum atomic E-state index is 13.5. The van der Waals surface area contributed by atoms with Gasteiger partial charge in [-0.3, -0.25) is 9.69 Å². The van der Waals surface area contributed by atoms with Crippen molar-refractivity contribution >= 4 is 17.6 Å². The van der Waals surface area contributed by atoms with Crippen LogP contribution in [0.4, 0.5) is 10.5 Å². The van der Waals surface area contributed by atoms with Gasteiger partial charge < -0.3 is 15.0 Å². The van der Waals surface area contributed by atoms with Crippen molar-refractivity contribution in [1.82, 2.24) is 10.2 Å². The molecule has 3 amide bonds. The van der Waals surface area contributed by atoms with E-state index in [4.69, 9.17) is 10.00 Å². The van der Waals surface area contributed by atoms with Crippen LogP contribution in [0.15, 0.2) is 65.9 Å². The van der Waals surface area contributed by atoms with Crippen molar-refractivity contribution in [2.75, 3.05) is 31.2 Å². The van der Waals surface area contributed by atoms with E-state index in [9.17, 15) is 9.59 Å². The van der Waals surface area contributed by atoms with Gasteiger partial charge in [-0.2, -0.15) is 5.26 Å². The lowest BCUT2D eigenvalue weighted by molar-refractivity contribution is -0.131. The summed E-state index contributed by atoms with van der Waals surface area (Å²) in [6.45, 7) is 3.81. The SMILES string of the molecule is CC1=C(C(=O)N2CCOCC2)[C@H](c2ccc(C#N)cc2)NC(=O)N1c1ccccc1. The van der Waals surface area contributed by atoms with Crippen LogP contribution in [0.5, 0.6) is 0 Å². The number of amides is 3. The van der Waals surface area contributed by atoms with Crippen LogP contribution in [0.2, 0.25) is 0 Å². The second-order valence-corrected chi connectivity index (χ2v) is 7.19. The number of para-hydroxylation sites is 1. The fourth-order valence-electron chi connectivity index (χ4n) is 3.84. The molecule has 2 aromatic rings. The molecule has 30 heavy (non-hydrogen) atoms. The average Bonchev–Trinajstić information content (AvgIpc) is 2.80. The third kappa shape index (κ3) is 3.65. The largest absolute Gasteiger partial charge is 0.378 e. The van der Waals surface area contributed by atoms with Crippen molar-refractivity contribution in [2.24, 2.45) is 0 Å². The highest BCUT2D eigenvalue weighted by Crippen LogP contribution is 2.34. The van der Waals surface area contributed by atoms with Crippen molar-refractivity contribution in [3.63, 3.8) is 0 Å². The Morgan fingerprint density at radius 1 is 1.10 bits per heavy atom. The summed E-state index contributed by atoms with van der Waals surface area (Å²) in [6, 6.07) is 17.4. The molecule has 2 aliphatic rings. The molecule has 7 nitrogen and oxygen atoms in total. The molecule has 4 rings (SSSR count). The maximum absolute atomic E-state index is 13.5. The Morgan fingerprint density at radius 2 is 1.77 bits per heavy atom. The Hall–Kier alpha value is -3.63. The van der Waals surface area contributed by atoms with Crippen LogP contribution in [-0.2, 0) is 9.53 Å². The number of ether oxygens (including phenoxy) is 1. The van der Waals surface area contributed by atoms with Gasteiger partial charge >= 0.3 is 6.03 Å². The number of benzene rings is 2. The summed E-state index contributed by atoms with van der Waals surface area (Å²) in [6.07, 6.45) is 0. The number of carbonyl (C=O) groups excluding carboxylic acids is 2. The first-order chi connectivity index (χ1) is 14.6. The number of allylic oxidation sites excluding steroid dienone is 1. The summed E-state index contributed by atoms with van der Waals surface area (Å²) < 4.78 is 5.39. The minimum atomic E-state index is -0.597. The van der Waals surface area contributed by atoms with E-state index in [0.29, 0.717) is 48.8 Å². The molecule has 152 valence electrons. The number of nitriles is 1. The molecule has 2 heterocycles. The van der Waals surface area contributed by atoms with Crippen molar-refractivity contribution in [2.45, 2.75) is 13.0 Å². The van der Waals surface area contributed by atoms with E-state index >= 15 is 0 Å². The predicted molar refractivity (Wildman–Crippen MR) is 111 cm³/mol. The Kier molecular flexibility index (Phi) is 5.50. The zero-order valence-electron chi connectivity index (χ0n) is 16.7. The molecule has 0 unspecified atom stereocenters. The number of nitrogens with one attached hydrogen (secondary N) is 1. The smallest absolute Gasteiger partial charge is 0.326 e. The first-order valence-electron chi connectivity index (χ1n) is 9.83. The van der Waals surface area contributed by atoms with E-state index in [1.165, 1.54) is 4.90 Å². The van der Waals surface area contributed by atoms with Crippen LogP contribution in [0.3, 0.4) is 0 Å². The van der Waals surface area contributed by atoms with Crippen LogP contribution in [0.25, 0.3) is 0 Å². The molecule has 1 N–H and O–H groups in total. The van der Waals surface area contributed by atoms with Gasteiger partial charge in [0.15, 0.2) is 0 Å². The standard InChI is InChI=1S/C23H22N4O3/c1-16-20(22(28)26-11-13-30-14-12-26)21(18-9-7-17(15-24)8-10-18)25-23(29)27(16)19-5-3-2-4-6-19/h2-10,21H,11-14H2,1H3,(H,25,29)/t21-/m0/s1. The third-order valence-electron chi connectivity index (χ3n) is 5.40. The van der Waals surface area contributed by atoms with E-state index in [-0.39, 0.29) is 11.9 Å². The van der Waals surface area contributed by atoms with Crippen LogP contribution in [0, 0.1) is 11.3 Å².